The molecule has 0 bridgehead atoms. The summed E-state index contributed by atoms with van der Waals surface area (Å²) in [5.41, 5.74) is 5.41. The van der Waals surface area contributed by atoms with Gasteiger partial charge in [-0.25, -0.2) is 4.98 Å². The fourth-order valence-electron chi connectivity index (χ4n) is 4.82. The standard InChI is InChI=1S/C28H37N5O3.BrH/c1-5-23-7-6-20-16-33(27(29)26(20)30-23)17-24(34)21-12-19(13-22(14-21)28(2,3)4)15-31-8-10-32(11-9-31)18-25(35)36;/h6-7,12-14,29H,5,8-11,15-18H2,1-4H3,(H,35,36);1H. The second kappa shape index (κ2) is 11.8. The Morgan fingerprint density at radius 2 is 1.70 bits per heavy atom. The Hall–Kier alpha value is -2.62. The number of ketones is 1. The van der Waals surface area contributed by atoms with Crippen molar-refractivity contribution in [3.63, 3.8) is 0 Å². The zero-order valence-electron chi connectivity index (χ0n) is 22.2. The van der Waals surface area contributed by atoms with Crippen molar-refractivity contribution in [1.82, 2.24) is 19.7 Å². The first-order valence-electron chi connectivity index (χ1n) is 12.7. The first kappa shape index (κ1) is 28.9. The third-order valence-electron chi connectivity index (χ3n) is 7.05. The largest absolute Gasteiger partial charge is 0.480 e. The van der Waals surface area contributed by atoms with E-state index in [1.54, 1.807) is 0 Å². The van der Waals surface area contributed by atoms with Crippen molar-refractivity contribution >= 4 is 34.6 Å². The minimum atomic E-state index is -0.791. The number of aliphatic carboxylic acids is 1. The van der Waals surface area contributed by atoms with Crippen LogP contribution in [0.2, 0.25) is 0 Å². The normalized spacial score (nSPS) is 16.4. The first-order chi connectivity index (χ1) is 17.0. The lowest BCUT2D eigenvalue weighted by Gasteiger charge is -2.34. The van der Waals surface area contributed by atoms with Gasteiger partial charge < -0.3 is 10.0 Å². The number of carboxylic acid groups (broad SMARTS) is 1. The molecule has 0 atom stereocenters. The van der Waals surface area contributed by atoms with Crippen molar-refractivity contribution in [2.24, 2.45) is 0 Å². The molecule has 0 amide bonds. The second-order valence-electron chi connectivity index (χ2n) is 10.9. The molecule has 37 heavy (non-hydrogen) atoms. The highest BCUT2D eigenvalue weighted by molar-refractivity contribution is 8.93. The molecule has 0 aliphatic carbocycles. The van der Waals surface area contributed by atoms with Crippen molar-refractivity contribution in [2.75, 3.05) is 39.3 Å². The van der Waals surface area contributed by atoms with Crippen molar-refractivity contribution in [1.29, 1.82) is 5.41 Å². The van der Waals surface area contributed by atoms with Crippen LogP contribution < -0.4 is 0 Å². The summed E-state index contributed by atoms with van der Waals surface area (Å²) in [7, 11) is 0. The van der Waals surface area contributed by atoms with E-state index >= 15 is 0 Å². The Morgan fingerprint density at radius 1 is 1.03 bits per heavy atom. The number of piperazine rings is 1. The number of carboxylic acids is 1. The quantitative estimate of drug-likeness (QED) is 0.465. The number of halogens is 1. The summed E-state index contributed by atoms with van der Waals surface area (Å²) in [6, 6.07) is 10.2. The number of Topliss-reactive ketones (excluding diaryl/α,β-unsaturated/α-hetero) is 1. The molecule has 0 unspecified atom stereocenters. The molecule has 8 nitrogen and oxygen atoms in total. The molecular weight excluding hydrogens is 534 g/mol. The number of aryl methyl sites for hydroxylation is 1. The van der Waals surface area contributed by atoms with Crippen LogP contribution in [0.1, 0.15) is 66.1 Å². The monoisotopic (exact) mass is 571 g/mol. The van der Waals surface area contributed by atoms with E-state index in [1.807, 2.05) is 41.0 Å². The molecule has 2 N–H and O–H groups in total. The molecule has 2 aliphatic heterocycles. The number of nitrogens with one attached hydrogen (secondary N) is 1. The third kappa shape index (κ3) is 7.03. The molecule has 1 saturated heterocycles. The maximum Gasteiger partial charge on any atom is 0.317 e. The second-order valence-corrected chi connectivity index (χ2v) is 10.9. The van der Waals surface area contributed by atoms with E-state index in [9.17, 15) is 9.59 Å². The fourth-order valence-corrected chi connectivity index (χ4v) is 4.82. The van der Waals surface area contributed by atoms with E-state index in [-0.39, 0.29) is 41.3 Å². The van der Waals surface area contributed by atoms with E-state index in [0.717, 1.165) is 61.5 Å². The number of pyridine rings is 1. The summed E-state index contributed by atoms with van der Waals surface area (Å²) < 4.78 is 0. The maximum atomic E-state index is 13.5. The third-order valence-corrected chi connectivity index (χ3v) is 7.05. The van der Waals surface area contributed by atoms with Crippen molar-refractivity contribution in [3.8, 4) is 0 Å². The Kier molecular flexibility index (Phi) is 9.26. The predicted molar refractivity (Wildman–Crippen MR) is 150 cm³/mol. The minimum Gasteiger partial charge on any atom is -0.480 e. The molecule has 9 heteroatoms. The molecule has 0 spiro atoms. The minimum absolute atomic E-state index is 0. The average molecular weight is 573 g/mol. The number of hydrogen-bond donors (Lipinski definition) is 2. The number of amidine groups is 1. The van der Waals surface area contributed by atoms with Crippen LogP contribution >= 0.6 is 17.0 Å². The molecule has 3 heterocycles. The number of rotatable bonds is 8. The molecular formula is C28H38BrN5O3. The summed E-state index contributed by atoms with van der Waals surface area (Å²) in [5.74, 6) is -0.470. The molecule has 0 saturated carbocycles. The summed E-state index contributed by atoms with van der Waals surface area (Å²) >= 11 is 0. The Labute approximate surface area is 229 Å². The highest BCUT2D eigenvalue weighted by Gasteiger charge is 2.28. The van der Waals surface area contributed by atoms with Gasteiger partial charge in [0.25, 0.3) is 0 Å². The van der Waals surface area contributed by atoms with E-state index in [2.05, 4.69) is 36.7 Å². The van der Waals surface area contributed by atoms with Gasteiger partial charge >= 0.3 is 5.97 Å². The van der Waals surface area contributed by atoms with Crippen LogP contribution in [0.3, 0.4) is 0 Å². The van der Waals surface area contributed by atoms with Gasteiger partial charge in [-0.15, -0.1) is 17.0 Å². The van der Waals surface area contributed by atoms with Crippen LogP contribution in [-0.4, -0.2) is 81.6 Å². The van der Waals surface area contributed by atoms with Crippen LogP contribution in [-0.2, 0) is 29.7 Å². The van der Waals surface area contributed by atoms with Crippen LogP contribution in [0.5, 0.6) is 0 Å². The smallest absolute Gasteiger partial charge is 0.317 e. The molecule has 2 aromatic rings. The van der Waals surface area contributed by atoms with Crippen LogP contribution in [0, 0.1) is 5.41 Å². The maximum absolute atomic E-state index is 13.5. The number of nitrogens with zero attached hydrogens (tertiary/aromatic N) is 4. The molecule has 0 radical (unpaired) electrons. The summed E-state index contributed by atoms with van der Waals surface area (Å²) in [6.45, 7) is 13.0. The number of benzene rings is 1. The summed E-state index contributed by atoms with van der Waals surface area (Å²) in [4.78, 5) is 35.2. The van der Waals surface area contributed by atoms with Gasteiger partial charge in [0.1, 0.15) is 11.5 Å². The highest BCUT2D eigenvalue weighted by atomic mass is 79.9. The lowest BCUT2D eigenvalue weighted by Crippen LogP contribution is -2.47. The van der Waals surface area contributed by atoms with Crippen molar-refractivity contribution in [3.05, 3.63) is 64.0 Å². The Morgan fingerprint density at radius 3 is 2.32 bits per heavy atom. The summed E-state index contributed by atoms with van der Waals surface area (Å²) in [6.07, 6.45) is 0.816. The number of aromatic nitrogens is 1. The van der Waals surface area contributed by atoms with E-state index < -0.39 is 5.97 Å². The molecule has 1 aromatic carbocycles. The number of hydrogen-bond acceptors (Lipinski definition) is 6. The number of carbonyl (C=O) groups is 2. The Balaban J connectivity index is 0.00000380. The number of carbonyl (C=O) groups excluding carboxylic acids is 1. The van der Waals surface area contributed by atoms with Gasteiger partial charge in [0, 0.05) is 56.1 Å². The van der Waals surface area contributed by atoms with E-state index in [0.29, 0.717) is 23.6 Å². The highest BCUT2D eigenvalue weighted by Crippen LogP contribution is 2.27. The average Bonchev–Trinajstić information content (AvgIpc) is 3.13. The van der Waals surface area contributed by atoms with Gasteiger partial charge in [0.2, 0.25) is 0 Å². The molecule has 4 rings (SSSR count). The summed E-state index contributed by atoms with van der Waals surface area (Å²) in [5, 5.41) is 17.6. The Bertz CT molecular complexity index is 1170. The van der Waals surface area contributed by atoms with Crippen LogP contribution in [0.25, 0.3) is 0 Å². The lowest BCUT2D eigenvalue weighted by atomic mass is 9.84. The lowest BCUT2D eigenvalue weighted by molar-refractivity contribution is -0.138. The van der Waals surface area contributed by atoms with Gasteiger partial charge in [-0.05, 0) is 41.2 Å². The van der Waals surface area contributed by atoms with Gasteiger partial charge in [-0.3, -0.25) is 24.8 Å². The molecule has 200 valence electrons. The zero-order valence-corrected chi connectivity index (χ0v) is 23.9. The number of fused-ring (bicyclic) bond motifs is 1. The fraction of sp³-hybridized carbons (Fsp3) is 0.500. The van der Waals surface area contributed by atoms with Gasteiger partial charge in [-0.2, -0.15) is 0 Å². The van der Waals surface area contributed by atoms with Crippen molar-refractivity contribution < 1.29 is 14.7 Å². The van der Waals surface area contributed by atoms with Gasteiger partial charge in [0.15, 0.2) is 5.78 Å². The van der Waals surface area contributed by atoms with Gasteiger partial charge in [-0.1, -0.05) is 39.8 Å². The SMILES string of the molecule is Br.CCc1ccc2c(n1)C(=N)N(CC(=O)c1cc(CN3CCN(CC(=O)O)CC3)cc(C(C)(C)C)c1)C2. The first-order valence-corrected chi connectivity index (χ1v) is 12.7. The van der Waals surface area contributed by atoms with Crippen LogP contribution in [0.15, 0.2) is 30.3 Å². The van der Waals surface area contributed by atoms with E-state index in [1.165, 1.54) is 0 Å². The predicted octanol–water partition coefficient (Wildman–Crippen LogP) is 3.75. The topological polar surface area (TPSA) is 101 Å². The van der Waals surface area contributed by atoms with E-state index in [4.69, 9.17) is 10.5 Å². The van der Waals surface area contributed by atoms with Gasteiger partial charge in [0.05, 0.1) is 13.1 Å². The zero-order chi connectivity index (χ0) is 26.0. The molecule has 1 fully saturated rings. The molecule has 2 aliphatic rings. The molecule has 1 aromatic heterocycles. The van der Waals surface area contributed by atoms with Crippen molar-refractivity contribution in [2.45, 2.75) is 52.6 Å². The van der Waals surface area contributed by atoms with Crippen LogP contribution in [0.4, 0.5) is 0 Å².